The van der Waals surface area contributed by atoms with Gasteiger partial charge in [0.05, 0.1) is 11.7 Å². The lowest BCUT2D eigenvalue weighted by molar-refractivity contribution is -0.133. The minimum Gasteiger partial charge on any atom is -0.359 e. The van der Waals surface area contributed by atoms with Crippen molar-refractivity contribution in [2.24, 2.45) is 11.1 Å². The fourth-order valence-electron chi connectivity index (χ4n) is 2.51. The van der Waals surface area contributed by atoms with Gasteiger partial charge < -0.3 is 15.2 Å². The molecule has 0 bridgehead atoms. The molecule has 5 nitrogen and oxygen atoms in total. The Bertz CT molecular complexity index is 476. The number of nitrogens with zero attached hydrogens (tertiary/aromatic N) is 2. The zero-order valence-electron chi connectivity index (χ0n) is 12.8. The van der Waals surface area contributed by atoms with Gasteiger partial charge in [-0.15, -0.1) is 0 Å². The highest BCUT2D eigenvalue weighted by Gasteiger charge is 2.34. The average Bonchev–Trinajstić information content (AvgIpc) is 2.95. The summed E-state index contributed by atoms with van der Waals surface area (Å²) in [7, 11) is 0. The number of likely N-dealkylation sites (tertiary alicyclic amines) is 1. The summed E-state index contributed by atoms with van der Waals surface area (Å²) >= 11 is 0. The van der Waals surface area contributed by atoms with E-state index in [1.165, 1.54) is 0 Å². The largest absolute Gasteiger partial charge is 0.359 e. The van der Waals surface area contributed by atoms with Crippen LogP contribution in [0.15, 0.2) is 10.6 Å². The van der Waals surface area contributed by atoms with Crippen LogP contribution < -0.4 is 5.73 Å². The van der Waals surface area contributed by atoms with E-state index in [0.717, 1.165) is 30.8 Å². The number of hydrogen-bond acceptors (Lipinski definition) is 4. The molecule has 2 atom stereocenters. The third-order valence-corrected chi connectivity index (χ3v) is 4.05. The highest BCUT2D eigenvalue weighted by Crippen LogP contribution is 2.33. The topological polar surface area (TPSA) is 72.4 Å². The number of nitrogens with two attached hydrogens (primary N) is 1. The third kappa shape index (κ3) is 3.20. The van der Waals surface area contributed by atoms with Crippen molar-refractivity contribution >= 4 is 5.91 Å². The molecular formula is C15H25N3O2. The Hall–Kier alpha value is -1.36. The molecule has 1 amide bonds. The lowest BCUT2D eigenvalue weighted by atomic mass is 9.85. The number of carbonyl (C=O) groups is 1. The Labute approximate surface area is 120 Å². The lowest BCUT2D eigenvalue weighted by Crippen LogP contribution is -2.41. The van der Waals surface area contributed by atoms with Crippen LogP contribution in [0, 0.1) is 12.3 Å². The second-order valence-corrected chi connectivity index (χ2v) is 6.79. The van der Waals surface area contributed by atoms with Gasteiger partial charge in [-0.1, -0.05) is 25.9 Å². The smallest absolute Gasteiger partial charge is 0.224 e. The van der Waals surface area contributed by atoms with E-state index in [-0.39, 0.29) is 23.4 Å². The Balaban J connectivity index is 2.05. The van der Waals surface area contributed by atoms with Gasteiger partial charge in [0.2, 0.25) is 5.91 Å². The summed E-state index contributed by atoms with van der Waals surface area (Å²) in [5.74, 6) is 0.904. The number of amides is 1. The highest BCUT2D eigenvalue weighted by atomic mass is 16.5. The molecule has 1 aromatic heterocycles. The molecule has 0 aliphatic carbocycles. The Morgan fingerprint density at radius 1 is 1.60 bits per heavy atom. The Morgan fingerprint density at radius 2 is 2.30 bits per heavy atom. The first-order valence-corrected chi connectivity index (χ1v) is 7.27. The zero-order valence-corrected chi connectivity index (χ0v) is 12.8. The van der Waals surface area contributed by atoms with Crippen molar-refractivity contribution in [3.8, 4) is 0 Å². The van der Waals surface area contributed by atoms with Gasteiger partial charge in [0, 0.05) is 25.1 Å². The minimum atomic E-state index is -0.132. The SMILES string of the molecule is Cc1cc(C2CCCN2C(=O)CC(N)C(C)(C)C)on1. The predicted molar refractivity (Wildman–Crippen MR) is 77.0 cm³/mol. The van der Waals surface area contributed by atoms with Gasteiger partial charge in [-0.2, -0.15) is 0 Å². The molecule has 1 saturated heterocycles. The first-order valence-electron chi connectivity index (χ1n) is 7.27. The van der Waals surface area contributed by atoms with Crippen LogP contribution in [0.3, 0.4) is 0 Å². The van der Waals surface area contributed by atoms with E-state index in [1.54, 1.807) is 0 Å². The van der Waals surface area contributed by atoms with Crippen molar-refractivity contribution in [3.05, 3.63) is 17.5 Å². The van der Waals surface area contributed by atoms with Crippen molar-refractivity contribution in [1.82, 2.24) is 10.1 Å². The van der Waals surface area contributed by atoms with E-state index in [0.29, 0.717) is 6.42 Å². The fraction of sp³-hybridized carbons (Fsp3) is 0.733. The molecule has 0 aromatic carbocycles. The molecule has 0 spiro atoms. The molecule has 2 unspecified atom stereocenters. The van der Waals surface area contributed by atoms with Gasteiger partial charge in [-0.25, -0.2) is 0 Å². The predicted octanol–water partition coefficient (Wildman–Crippen LogP) is 2.41. The van der Waals surface area contributed by atoms with Crippen molar-refractivity contribution < 1.29 is 9.32 Å². The summed E-state index contributed by atoms with van der Waals surface area (Å²) in [5.41, 5.74) is 6.91. The molecule has 1 aliphatic rings. The molecule has 2 N–H and O–H groups in total. The lowest BCUT2D eigenvalue weighted by Gasteiger charge is -2.30. The molecule has 1 aromatic rings. The fourth-order valence-corrected chi connectivity index (χ4v) is 2.51. The maximum atomic E-state index is 12.5. The summed E-state index contributed by atoms with van der Waals surface area (Å²) in [4.78, 5) is 14.4. The van der Waals surface area contributed by atoms with Gasteiger partial charge in [0.25, 0.3) is 0 Å². The summed E-state index contributed by atoms with van der Waals surface area (Å²) < 4.78 is 5.33. The van der Waals surface area contributed by atoms with E-state index >= 15 is 0 Å². The van der Waals surface area contributed by atoms with Crippen molar-refractivity contribution in [1.29, 1.82) is 0 Å². The normalized spacial score (nSPS) is 21.2. The number of aryl methyl sites for hydroxylation is 1. The monoisotopic (exact) mass is 279 g/mol. The maximum Gasteiger partial charge on any atom is 0.224 e. The van der Waals surface area contributed by atoms with E-state index in [9.17, 15) is 4.79 Å². The Kier molecular flexibility index (Phi) is 4.18. The van der Waals surface area contributed by atoms with Gasteiger partial charge in [0.1, 0.15) is 0 Å². The average molecular weight is 279 g/mol. The van der Waals surface area contributed by atoms with Gasteiger partial charge >= 0.3 is 0 Å². The molecule has 1 aliphatic heterocycles. The van der Waals surface area contributed by atoms with Gasteiger partial charge in [-0.3, -0.25) is 4.79 Å². The van der Waals surface area contributed by atoms with Crippen LogP contribution in [-0.4, -0.2) is 28.6 Å². The number of hydrogen-bond donors (Lipinski definition) is 1. The molecule has 5 heteroatoms. The molecule has 0 saturated carbocycles. The first kappa shape index (κ1) is 15.0. The van der Waals surface area contributed by atoms with Crippen LogP contribution in [0.1, 0.15) is 57.5 Å². The Morgan fingerprint density at radius 3 is 2.85 bits per heavy atom. The van der Waals surface area contributed by atoms with Crippen LogP contribution in [-0.2, 0) is 4.79 Å². The molecule has 2 heterocycles. The molecule has 112 valence electrons. The third-order valence-electron chi connectivity index (χ3n) is 4.05. The van der Waals surface area contributed by atoms with Crippen molar-refractivity contribution in [2.75, 3.05) is 6.54 Å². The molecule has 2 rings (SSSR count). The summed E-state index contributed by atoms with van der Waals surface area (Å²) in [5, 5.41) is 3.92. The zero-order chi connectivity index (χ0) is 14.9. The summed E-state index contributed by atoms with van der Waals surface area (Å²) in [6.07, 6.45) is 2.32. The highest BCUT2D eigenvalue weighted by molar-refractivity contribution is 5.77. The quantitative estimate of drug-likeness (QED) is 0.922. The van der Waals surface area contributed by atoms with E-state index in [1.807, 2.05) is 17.9 Å². The van der Waals surface area contributed by atoms with Crippen LogP contribution >= 0.6 is 0 Å². The van der Waals surface area contributed by atoms with E-state index in [2.05, 4.69) is 25.9 Å². The maximum absolute atomic E-state index is 12.5. The minimum absolute atomic E-state index is 0.0240. The van der Waals surface area contributed by atoms with Gasteiger partial charge in [0.15, 0.2) is 5.76 Å². The molecule has 0 radical (unpaired) electrons. The van der Waals surface area contributed by atoms with Gasteiger partial charge in [-0.05, 0) is 25.2 Å². The summed E-state index contributed by atoms with van der Waals surface area (Å²) in [6, 6.07) is 1.81. The number of rotatable bonds is 3. The van der Waals surface area contributed by atoms with Crippen LogP contribution in [0.5, 0.6) is 0 Å². The molecule has 20 heavy (non-hydrogen) atoms. The summed E-state index contributed by atoms with van der Waals surface area (Å²) in [6.45, 7) is 8.86. The first-order chi connectivity index (χ1) is 9.29. The van der Waals surface area contributed by atoms with Crippen LogP contribution in [0.2, 0.25) is 0 Å². The van der Waals surface area contributed by atoms with E-state index in [4.69, 9.17) is 10.3 Å². The number of carbonyl (C=O) groups excluding carboxylic acids is 1. The molecular weight excluding hydrogens is 254 g/mol. The van der Waals surface area contributed by atoms with Crippen LogP contribution in [0.25, 0.3) is 0 Å². The standard InChI is InChI=1S/C15H25N3O2/c1-10-8-12(20-17-10)11-6-5-7-18(11)14(19)9-13(16)15(2,3)4/h8,11,13H,5-7,9,16H2,1-4H3. The van der Waals surface area contributed by atoms with Crippen molar-refractivity contribution in [3.63, 3.8) is 0 Å². The van der Waals surface area contributed by atoms with E-state index < -0.39 is 0 Å². The van der Waals surface area contributed by atoms with Crippen LogP contribution in [0.4, 0.5) is 0 Å². The second-order valence-electron chi connectivity index (χ2n) is 6.79. The van der Waals surface area contributed by atoms with Crippen molar-refractivity contribution in [2.45, 2.75) is 59.0 Å². The molecule has 1 fully saturated rings. The second kappa shape index (κ2) is 5.56. The number of aromatic nitrogens is 1.